The number of amides is 1. The second-order valence-corrected chi connectivity index (χ2v) is 7.29. The minimum atomic E-state index is -0.426. The molecular formula is C20H21N5O4S. The van der Waals surface area contributed by atoms with E-state index in [0.29, 0.717) is 29.0 Å². The first-order valence-electron chi connectivity index (χ1n) is 9.23. The molecule has 3 aromatic rings. The van der Waals surface area contributed by atoms with Crippen LogP contribution in [0.3, 0.4) is 0 Å². The second-order valence-electron chi connectivity index (χ2n) is 6.35. The maximum atomic E-state index is 12.3. The second kappa shape index (κ2) is 9.88. The monoisotopic (exact) mass is 427 g/mol. The number of nitrogens with one attached hydrogen (secondary N) is 1. The van der Waals surface area contributed by atoms with Gasteiger partial charge in [0.05, 0.1) is 18.0 Å². The lowest BCUT2D eigenvalue weighted by atomic mass is 10.2. The summed E-state index contributed by atoms with van der Waals surface area (Å²) in [6, 6.07) is 13.5. The Balaban J connectivity index is 1.55. The molecule has 3 rings (SSSR count). The number of nitro groups is 1. The number of nitro benzene ring substituents is 1. The van der Waals surface area contributed by atoms with Crippen molar-refractivity contribution in [2.45, 2.75) is 24.3 Å². The van der Waals surface area contributed by atoms with Crippen molar-refractivity contribution >= 4 is 29.0 Å². The van der Waals surface area contributed by atoms with Crippen LogP contribution in [0.25, 0.3) is 0 Å². The van der Waals surface area contributed by atoms with Gasteiger partial charge in [-0.25, -0.2) is 0 Å². The van der Waals surface area contributed by atoms with Gasteiger partial charge < -0.3 is 14.6 Å². The first kappa shape index (κ1) is 21.3. The number of carbonyl (C=O) groups excluding carboxylic acids is 1. The van der Waals surface area contributed by atoms with Crippen LogP contribution in [0.5, 0.6) is 5.75 Å². The first-order chi connectivity index (χ1) is 14.5. The van der Waals surface area contributed by atoms with Crippen LogP contribution in [0, 0.1) is 10.1 Å². The van der Waals surface area contributed by atoms with Crippen LogP contribution in [0.1, 0.15) is 18.3 Å². The smallest absolute Gasteiger partial charge is 0.269 e. The zero-order chi connectivity index (χ0) is 21.5. The molecule has 1 amide bonds. The van der Waals surface area contributed by atoms with Gasteiger partial charge in [0.25, 0.3) is 5.69 Å². The summed E-state index contributed by atoms with van der Waals surface area (Å²) >= 11 is 1.45. The average molecular weight is 427 g/mol. The van der Waals surface area contributed by atoms with E-state index in [-0.39, 0.29) is 18.0 Å². The normalized spacial score (nSPS) is 10.6. The summed E-state index contributed by atoms with van der Waals surface area (Å²) in [4.78, 5) is 22.6. The van der Waals surface area contributed by atoms with Gasteiger partial charge in [0.1, 0.15) is 11.6 Å². The fourth-order valence-electron chi connectivity index (χ4n) is 2.64. The van der Waals surface area contributed by atoms with Crippen molar-refractivity contribution in [3.8, 4) is 5.75 Å². The standard InChI is InChI=1S/C20H21N5O4S/c1-3-29-17-10-6-15(7-11-17)21-19(26)12-18-22-23-20(24(18)2)30-13-14-4-8-16(9-5-14)25(27)28/h4-11H,3,12-13H2,1-2H3,(H,21,26). The molecule has 9 nitrogen and oxygen atoms in total. The van der Waals surface area contributed by atoms with E-state index in [0.717, 1.165) is 11.3 Å². The Hall–Kier alpha value is -3.40. The highest BCUT2D eigenvalue weighted by atomic mass is 32.2. The number of aromatic nitrogens is 3. The maximum Gasteiger partial charge on any atom is 0.269 e. The van der Waals surface area contributed by atoms with Crippen LogP contribution in [0.4, 0.5) is 11.4 Å². The topological polar surface area (TPSA) is 112 Å². The van der Waals surface area contributed by atoms with Crippen LogP contribution < -0.4 is 10.1 Å². The molecule has 0 aliphatic carbocycles. The molecule has 10 heteroatoms. The number of nitrogens with zero attached hydrogens (tertiary/aromatic N) is 4. The first-order valence-corrected chi connectivity index (χ1v) is 10.2. The molecule has 0 bridgehead atoms. The number of hydrogen-bond donors (Lipinski definition) is 1. The average Bonchev–Trinajstić information content (AvgIpc) is 3.07. The van der Waals surface area contributed by atoms with Crippen molar-refractivity contribution in [3.05, 3.63) is 70.0 Å². The number of benzene rings is 2. The van der Waals surface area contributed by atoms with E-state index in [2.05, 4.69) is 15.5 Å². The summed E-state index contributed by atoms with van der Waals surface area (Å²) in [6.45, 7) is 2.50. The highest BCUT2D eigenvalue weighted by Gasteiger charge is 2.14. The Bertz CT molecular complexity index is 1020. The minimum Gasteiger partial charge on any atom is -0.494 e. The molecule has 0 radical (unpaired) electrons. The van der Waals surface area contributed by atoms with Crippen molar-refractivity contribution in [2.24, 2.45) is 7.05 Å². The third-order valence-corrected chi connectivity index (χ3v) is 5.30. The summed E-state index contributed by atoms with van der Waals surface area (Å²) in [6.07, 6.45) is 0.0921. The molecule has 0 aliphatic rings. The van der Waals surface area contributed by atoms with E-state index >= 15 is 0 Å². The molecule has 156 valence electrons. The summed E-state index contributed by atoms with van der Waals surface area (Å²) in [5.41, 5.74) is 1.67. The van der Waals surface area contributed by atoms with Gasteiger partial charge in [0, 0.05) is 30.6 Å². The number of ether oxygens (including phenoxy) is 1. The van der Waals surface area contributed by atoms with Crippen molar-refractivity contribution < 1.29 is 14.5 Å². The van der Waals surface area contributed by atoms with Gasteiger partial charge in [0.2, 0.25) is 5.91 Å². The highest BCUT2D eigenvalue weighted by Crippen LogP contribution is 2.23. The molecule has 0 unspecified atom stereocenters. The predicted octanol–water partition coefficient (Wildman–Crippen LogP) is 3.60. The highest BCUT2D eigenvalue weighted by molar-refractivity contribution is 7.98. The van der Waals surface area contributed by atoms with E-state index in [9.17, 15) is 14.9 Å². The van der Waals surface area contributed by atoms with Crippen molar-refractivity contribution in [2.75, 3.05) is 11.9 Å². The molecule has 1 aromatic heterocycles. The van der Waals surface area contributed by atoms with E-state index in [1.807, 2.05) is 6.92 Å². The quantitative estimate of drug-likeness (QED) is 0.315. The van der Waals surface area contributed by atoms with Crippen molar-refractivity contribution in [1.29, 1.82) is 0 Å². The molecule has 2 aromatic carbocycles. The predicted molar refractivity (Wildman–Crippen MR) is 114 cm³/mol. The molecule has 0 spiro atoms. The summed E-state index contributed by atoms with van der Waals surface area (Å²) in [7, 11) is 1.80. The lowest BCUT2D eigenvalue weighted by Gasteiger charge is -2.07. The van der Waals surface area contributed by atoms with Crippen LogP contribution in [-0.4, -0.2) is 32.2 Å². The third-order valence-electron chi connectivity index (χ3n) is 4.21. The molecule has 0 aliphatic heterocycles. The number of carbonyl (C=O) groups is 1. The van der Waals surface area contributed by atoms with Crippen LogP contribution in [0.15, 0.2) is 53.7 Å². The summed E-state index contributed by atoms with van der Waals surface area (Å²) in [5.74, 6) is 1.69. The number of non-ortho nitro benzene ring substituents is 1. The summed E-state index contributed by atoms with van der Waals surface area (Å²) < 4.78 is 7.16. The Labute approximate surface area is 177 Å². The number of hydrogen-bond acceptors (Lipinski definition) is 7. The molecule has 0 saturated heterocycles. The van der Waals surface area contributed by atoms with Gasteiger partial charge in [-0.05, 0) is 36.8 Å². The van der Waals surface area contributed by atoms with Crippen LogP contribution >= 0.6 is 11.8 Å². The number of thioether (sulfide) groups is 1. The van der Waals surface area contributed by atoms with Gasteiger partial charge >= 0.3 is 0 Å². The molecule has 0 atom stereocenters. The van der Waals surface area contributed by atoms with E-state index in [1.165, 1.54) is 23.9 Å². The minimum absolute atomic E-state index is 0.0586. The SMILES string of the molecule is CCOc1ccc(NC(=O)Cc2nnc(SCc3ccc([N+](=O)[O-])cc3)n2C)cc1. The molecule has 1 heterocycles. The van der Waals surface area contributed by atoms with E-state index in [4.69, 9.17) is 4.74 Å². The Kier molecular flexibility index (Phi) is 7.02. The fourth-order valence-corrected chi connectivity index (χ4v) is 3.52. The van der Waals surface area contributed by atoms with Crippen LogP contribution in [-0.2, 0) is 24.0 Å². The lowest BCUT2D eigenvalue weighted by Crippen LogP contribution is -2.17. The Morgan fingerprint density at radius 2 is 1.87 bits per heavy atom. The summed E-state index contributed by atoms with van der Waals surface area (Å²) in [5, 5.41) is 22.5. The number of rotatable bonds is 9. The van der Waals surface area contributed by atoms with Gasteiger partial charge in [-0.15, -0.1) is 10.2 Å². The lowest BCUT2D eigenvalue weighted by molar-refractivity contribution is -0.384. The van der Waals surface area contributed by atoms with E-state index in [1.54, 1.807) is 48.0 Å². The largest absolute Gasteiger partial charge is 0.494 e. The Morgan fingerprint density at radius 3 is 2.50 bits per heavy atom. The number of anilines is 1. The molecular weight excluding hydrogens is 406 g/mol. The van der Waals surface area contributed by atoms with Gasteiger partial charge in [0.15, 0.2) is 5.16 Å². The van der Waals surface area contributed by atoms with Gasteiger partial charge in [-0.2, -0.15) is 0 Å². The maximum absolute atomic E-state index is 12.3. The van der Waals surface area contributed by atoms with Gasteiger partial charge in [-0.1, -0.05) is 23.9 Å². The van der Waals surface area contributed by atoms with Gasteiger partial charge in [-0.3, -0.25) is 14.9 Å². The third kappa shape index (κ3) is 5.57. The molecule has 1 N–H and O–H groups in total. The zero-order valence-corrected chi connectivity index (χ0v) is 17.4. The molecule has 30 heavy (non-hydrogen) atoms. The molecule has 0 fully saturated rings. The van der Waals surface area contributed by atoms with Crippen LogP contribution in [0.2, 0.25) is 0 Å². The van der Waals surface area contributed by atoms with Crippen molar-refractivity contribution in [1.82, 2.24) is 14.8 Å². The fraction of sp³-hybridized carbons (Fsp3) is 0.250. The van der Waals surface area contributed by atoms with Crippen molar-refractivity contribution in [3.63, 3.8) is 0 Å². The Morgan fingerprint density at radius 1 is 1.17 bits per heavy atom. The van der Waals surface area contributed by atoms with E-state index < -0.39 is 4.92 Å². The zero-order valence-electron chi connectivity index (χ0n) is 16.6. The molecule has 0 saturated carbocycles.